The lowest BCUT2D eigenvalue weighted by Gasteiger charge is -2.38. The summed E-state index contributed by atoms with van der Waals surface area (Å²) in [5.74, 6) is -0.0671. The highest BCUT2D eigenvalue weighted by atomic mass is 35.5. The second-order valence-electron chi connectivity index (χ2n) is 10.0. The predicted octanol–water partition coefficient (Wildman–Crippen LogP) is 5.28. The van der Waals surface area contributed by atoms with Crippen LogP contribution in [-0.2, 0) is 14.3 Å². The van der Waals surface area contributed by atoms with Crippen molar-refractivity contribution in [2.75, 3.05) is 20.1 Å². The van der Waals surface area contributed by atoms with Crippen LogP contribution in [0, 0.1) is 5.92 Å². The molecule has 1 N–H and O–H groups in total. The lowest BCUT2D eigenvalue weighted by atomic mass is 9.93. The molecule has 0 radical (unpaired) electrons. The van der Waals surface area contributed by atoms with E-state index in [0.29, 0.717) is 35.8 Å². The van der Waals surface area contributed by atoms with Crippen LogP contribution in [0.15, 0.2) is 65.9 Å². The van der Waals surface area contributed by atoms with Gasteiger partial charge < -0.3 is 19.9 Å². The maximum Gasteiger partial charge on any atom is 0.338 e. The number of nitrogens with zero attached hydrogens (tertiary/aromatic N) is 2. The number of rotatable bonds is 9. The van der Waals surface area contributed by atoms with Crippen LogP contribution in [-0.4, -0.2) is 53.9 Å². The van der Waals surface area contributed by atoms with E-state index in [9.17, 15) is 14.4 Å². The summed E-state index contributed by atoms with van der Waals surface area (Å²) >= 11 is 6.27. The van der Waals surface area contributed by atoms with Gasteiger partial charge in [0.15, 0.2) is 0 Å². The highest BCUT2D eigenvalue weighted by Gasteiger charge is 2.45. The molecule has 1 heterocycles. The van der Waals surface area contributed by atoms with Gasteiger partial charge in [-0.25, -0.2) is 9.59 Å². The third kappa shape index (κ3) is 6.16. The second-order valence-corrected chi connectivity index (χ2v) is 10.5. The van der Waals surface area contributed by atoms with Gasteiger partial charge in [0.1, 0.15) is 0 Å². The molecule has 1 fully saturated rings. The normalized spacial score (nSPS) is 21.1. The van der Waals surface area contributed by atoms with Gasteiger partial charge in [0.2, 0.25) is 5.91 Å². The molecule has 2 aromatic carbocycles. The van der Waals surface area contributed by atoms with E-state index in [4.69, 9.17) is 16.3 Å². The van der Waals surface area contributed by atoms with E-state index in [2.05, 4.69) is 17.4 Å². The molecular formula is C29H34ClN3O4. The molecule has 0 bridgehead atoms. The molecule has 1 aliphatic carbocycles. The first-order chi connectivity index (χ1) is 17.7. The van der Waals surface area contributed by atoms with Gasteiger partial charge in [0.25, 0.3) is 0 Å². The molecule has 196 valence electrons. The van der Waals surface area contributed by atoms with E-state index in [1.807, 2.05) is 31.3 Å². The number of hydrogen-bond acceptors (Lipinski definition) is 4. The Balaban J connectivity index is 1.46. The molecule has 0 spiro atoms. The lowest BCUT2D eigenvalue weighted by molar-refractivity contribution is -0.143. The molecule has 7 nitrogen and oxygen atoms in total. The number of esters is 1. The minimum Gasteiger partial charge on any atom is -0.459 e. The van der Waals surface area contributed by atoms with E-state index in [0.717, 1.165) is 12.0 Å². The van der Waals surface area contributed by atoms with Crippen LogP contribution in [0.1, 0.15) is 56.7 Å². The first-order valence-corrected chi connectivity index (χ1v) is 13.1. The fourth-order valence-electron chi connectivity index (χ4n) is 4.98. The third-order valence-corrected chi connectivity index (χ3v) is 7.11. The maximum absolute atomic E-state index is 13.1. The second kappa shape index (κ2) is 11.4. The van der Waals surface area contributed by atoms with Crippen LogP contribution in [0.25, 0.3) is 0 Å². The Morgan fingerprint density at radius 2 is 1.84 bits per heavy atom. The van der Waals surface area contributed by atoms with Gasteiger partial charge in [-0.2, -0.15) is 0 Å². The summed E-state index contributed by atoms with van der Waals surface area (Å²) in [6, 6.07) is 16.3. The number of ether oxygens (including phenoxy) is 1. The molecule has 1 saturated carbocycles. The van der Waals surface area contributed by atoms with Crippen molar-refractivity contribution < 1.29 is 19.1 Å². The van der Waals surface area contributed by atoms with Gasteiger partial charge in [0, 0.05) is 36.8 Å². The number of halogens is 1. The minimum absolute atomic E-state index is 0.00730. The third-order valence-electron chi connectivity index (χ3n) is 6.88. The fraction of sp³-hybridized carbons (Fsp3) is 0.414. The quantitative estimate of drug-likeness (QED) is 0.453. The first kappa shape index (κ1) is 26.7. The van der Waals surface area contributed by atoms with E-state index in [-0.39, 0.29) is 29.9 Å². The zero-order valence-corrected chi connectivity index (χ0v) is 22.5. The first-order valence-electron chi connectivity index (χ1n) is 12.7. The van der Waals surface area contributed by atoms with Crippen molar-refractivity contribution in [3.05, 3.63) is 82.0 Å². The number of benzene rings is 2. The van der Waals surface area contributed by atoms with Crippen LogP contribution < -0.4 is 5.32 Å². The molecule has 8 heteroatoms. The molecule has 3 amide bonds. The summed E-state index contributed by atoms with van der Waals surface area (Å²) in [4.78, 5) is 42.6. The summed E-state index contributed by atoms with van der Waals surface area (Å²) in [5.41, 5.74) is 2.77. The van der Waals surface area contributed by atoms with Crippen LogP contribution in [0.5, 0.6) is 0 Å². The molecule has 1 aliphatic heterocycles. The average molecular weight is 524 g/mol. The van der Waals surface area contributed by atoms with E-state index in [1.165, 1.54) is 5.56 Å². The zero-order chi connectivity index (χ0) is 26.7. The molecule has 2 aliphatic rings. The standard InChI is InChI=1S/C29H34ClN3O4/c1-18(2)37-28(35)25-19(3)31-29(36)33(26(25)21-12-8-13-22(30)16-21)15-9-14-32(4)27(34)24-17-23(24)20-10-6-5-7-11-20/h5-8,10-13,16,18,23-24,26H,9,14-15,17H2,1-4H3,(H,31,36). The van der Waals surface area contributed by atoms with Crippen LogP contribution >= 0.6 is 11.6 Å². The van der Waals surface area contributed by atoms with Crippen molar-refractivity contribution in [3.8, 4) is 0 Å². The van der Waals surface area contributed by atoms with E-state index in [1.54, 1.807) is 48.8 Å². The van der Waals surface area contributed by atoms with Crippen LogP contribution in [0.2, 0.25) is 5.02 Å². The van der Waals surface area contributed by atoms with Gasteiger partial charge in [-0.1, -0.05) is 54.1 Å². The van der Waals surface area contributed by atoms with Gasteiger partial charge in [-0.05, 0) is 62.8 Å². The SMILES string of the molecule is CC1=C(C(=O)OC(C)C)C(c2cccc(Cl)c2)N(CCCN(C)C(=O)C2CC2c2ccccc2)C(=O)N1. The summed E-state index contributed by atoms with van der Waals surface area (Å²) < 4.78 is 5.52. The summed E-state index contributed by atoms with van der Waals surface area (Å²) in [6.07, 6.45) is 1.12. The molecule has 0 aromatic heterocycles. The molecule has 3 atom stereocenters. The summed E-state index contributed by atoms with van der Waals surface area (Å²) in [7, 11) is 1.81. The highest BCUT2D eigenvalue weighted by molar-refractivity contribution is 6.30. The van der Waals surface area contributed by atoms with Gasteiger partial charge in [0.05, 0.1) is 17.7 Å². The number of carbonyl (C=O) groups excluding carboxylic acids is 3. The Kier molecular flexibility index (Phi) is 8.22. The fourth-order valence-corrected chi connectivity index (χ4v) is 5.18. The highest BCUT2D eigenvalue weighted by Crippen LogP contribution is 2.48. The van der Waals surface area contributed by atoms with Crippen molar-refractivity contribution in [1.82, 2.24) is 15.1 Å². The Labute approximate surface area is 223 Å². The molecular weight excluding hydrogens is 490 g/mol. The van der Waals surface area contributed by atoms with Crippen molar-refractivity contribution in [2.24, 2.45) is 5.92 Å². The van der Waals surface area contributed by atoms with Crippen molar-refractivity contribution in [2.45, 2.75) is 51.7 Å². The monoisotopic (exact) mass is 523 g/mol. The number of amides is 3. The maximum atomic E-state index is 13.1. The molecule has 37 heavy (non-hydrogen) atoms. The molecule has 4 rings (SSSR count). The largest absolute Gasteiger partial charge is 0.459 e. The lowest BCUT2D eigenvalue weighted by Crippen LogP contribution is -2.49. The summed E-state index contributed by atoms with van der Waals surface area (Å²) in [5, 5.41) is 3.33. The topological polar surface area (TPSA) is 79.0 Å². The Morgan fingerprint density at radius 3 is 2.51 bits per heavy atom. The number of urea groups is 1. The van der Waals surface area contributed by atoms with Crippen LogP contribution in [0.4, 0.5) is 4.79 Å². The molecule has 2 aromatic rings. The number of carbonyl (C=O) groups is 3. The van der Waals surface area contributed by atoms with Crippen molar-refractivity contribution in [3.63, 3.8) is 0 Å². The number of nitrogens with one attached hydrogen (secondary N) is 1. The molecule has 3 unspecified atom stereocenters. The zero-order valence-electron chi connectivity index (χ0n) is 21.7. The van der Waals surface area contributed by atoms with E-state index < -0.39 is 12.0 Å². The van der Waals surface area contributed by atoms with Gasteiger partial charge in [-0.3, -0.25) is 4.79 Å². The smallest absolute Gasteiger partial charge is 0.338 e. The van der Waals surface area contributed by atoms with E-state index >= 15 is 0 Å². The van der Waals surface area contributed by atoms with Crippen molar-refractivity contribution >= 4 is 29.5 Å². The van der Waals surface area contributed by atoms with Gasteiger partial charge in [-0.15, -0.1) is 0 Å². The van der Waals surface area contributed by atoms with Gasteiger partial charge >= 0.3 is 12.0 Å². The Bertz CT molecular complexity index is 1200. The minimum atomic E-state index is -0.648. The molecule has 0 saturated heterocycles. The Hall–Kier alpha value is -3.32. The van der Waals surface area contributed by atoms with Crippen LogP contribution in [0.3, 0.4) is 0 Å². The number of hydrogen-bond donors (Lipinski definition) is 1. The predicted molar refractivity (Wildman–Crippen MR) is 143 cm³/mol. The number of allylic oxidation sites excluding steroid dienone is 1. The summed E-state index contributed by atoms with van der Waals surface area (Å²) in [6.45, 7) is 6.12. The Morgan fingerprint density at radius 1 is 1.14 bits per heavy atom. The van der Waals surface area contributed by atoms with Crippen molar-refractivity contribution in [1.29, 1.82) is 0 Å². The average Bonchev–Trinajstić information content (AvgIpc) is 3.65.